The highest BCUT2D eigenvalue weighted by atomic mass is 16.1. The van der Waals surface area contributed by atoms with Crippen LogP contribution in [0.1, 0.15) is 12.5 Å². The molecule has 0 aliphatic rings. The summed E-state index contributed by atoms with van der Waals surface area (Å²) in [6.07, 6.45) is 5.05. The van der Waals surface area contributed by atoms with E-state index in [0.717, 1.165) is 5.56 Å². The van der Waals surface area contributed by atoms with Crippen LogP contribution in [-0.2, 0) is 4.79 Å². The van der Waals surface area contributed by atoms with Gasteiger partial charge in [0.2, 0.25) is 5.91 Å². The lowest BCUT2D eigenvalue weighted by Gasteiger charge is -1.94. The Hall–Kier alpha value is -1.64. The van der Waals surface area contributed by atoms with Gasteiger partial charge in [0.15, 0.2) is 0 Å². The standard InChI is InChI=1S/C9H10N2O/c1-7(9(10)12)5-8-3-2-4-11-6-8/h2-6H,1H3,(H2,10,12). The van der Waals surface area contributed by atoms with Gasteiger partial charge in [0, 0.05) is 18.0 Å². The minimum atomic E-state index is -0.404. The minimum Gasteiger partial charge on any atom is -0.366 e. The Morgan fingerprint density at radius 2 is 2.42 bits per heavy atom. The minimum absolute atomic E-state index is 0.404. The number of hydrogen-bond acceptors (Lipinski definition) is 2. The molecule has 62 valence electrons. The van der Waals surface area contributed by atoms with Gasteiger partial charge in [-0.05, 0) is 24.6 Å². The van der Waals surface area contributed by atoms with Gasteiger partial charge in [-0.2, -0.15) is 0 Å². The maximum absolute atomic E-state index is 10.6. The summed E-state index contributed by atoms with van der Waals surface area (Å²) < 4.78 is 0. The van der Waals surface area contributed by atoms with Crippen molar-refractivity contribution in [2.24, 2.45) is 5.73 Å². The number of carbonyl (C=O) groups excluding carboxylic acids is 1. The quantitative estimate of drug-likeness (QED) is 0.659. The first kappa shape index (κ1) is 8.46. The Bertz CT molecular complexity index is 304. The SMILES string of the molecule is CC(=Cc1cccnc1)C(N)=O. The lowest BCUT2D eigenvalue weighted by Crippen LogP contribution is -2.11. The van der Waals surface area contributed by atoms with Crippen LogP contribution in [0.5, 0.6) is 0 Å². The number of hydrogen-bond donors (Lipinski definition) is 1. The summed E-state index contributed by atoms with van der Waals surface area (Å²) >= 11 is 0. The largest absolute Gasteiger partial charge is 0.366 e. The maximum Gasteiger partial charge on any atom is 0.244 e. The van der Waals surface area contributed by atoms with Gasteiger partial charge in [0.25, 0.3) is 0 Å². The van der Waals surface area contributed by atoms with Crippen molar-refractivity contribution in [3.05, 3.63) is 35.7 Å². The van der Waals surface area contributed by atoms with Gasteiger partial charge in [-0.15, -0.1) is 0 Å². The van der Waals surface area contributed by atoms with Crippen LogP contribution in [0.2, 0.25) is 0 Å². The fourth-order valence-electron chi connectivity index (χ4n) is 0.782. The van der Waals surface area contributed by atoms with E-state index >= 15 is 0 Å². The summed E-state index contributed by atoms with van der Waals surface area (Å²) in [4.78, 5) is 14.5. The molecule has 0 aliphatic heterocycles. The molecule has 1 rings (SSSR count). The lowest BCUT2D eigenvalue weighted by molar-refractivity contribution is -0.114. The Morgan fingerprint density at radius 1 is 1.67 bits per heavy atom. The van der Waals surface area contributed by atoms with Crippen LogP contribution in [0.3, 0.4) is 0 Å². The van der Waals surface area contributed by atoms with E-state index in [0.29, 0.717) is 5.57 Å². The Balaban J connectivity index is 2.89. The van der Waals surface area contributed by atoms with Gasteiger partial charge in [0.05, 0.1) is 0 Å². The predicted octanol–water partition coefficient (Wildman–Crippen LogP) is 0.970. The second-order valence-electron chi connectivity index (χ2n) is 2.48. The van der Waals surface area contributed by atoms with Crippen molar-refractivity contribution in [3.8, 4) is 0 Å². The number of rotatable bonds is 2. The molecule has 1 amide bonds. The number of pyridine rings is 1. The van der Waals surface area contributed by atoms with Crippen molar-refractivity contribution in [1.82, 2.24) is 4.98 Å². The smallest absolute Gasteiger partial charge is 0.244 e. The van der Waals surface area contributed by atoms with Crippen molar-refractivity contribution in [1.29, 1.82) is 0 Å². The molecular weight excluding hydrogens is 152 g/mol. The van der Waals surface area contributed by atoms with E-state index in [9.17, 15) is 4.79 Å². The normalized spacial score (nSPS) is 11.2. The Morgan fingerprint density at radius 3 is 2.92 bits per heavy atom. The fourth-order valence-corrected chi connectivity index (χ4v) is 0.782. The van der Waals surface area contributed by atoms with Crippen molar-refractivity contribution >= 4 is 12.0 Å². The zero-order chi connectivity index (χ0) is 8.97. The molecule has 1 aromatic rings. The highest BCUT2D eigenvalue weighted by molar-refractivity contribution is 5.95. The van der Waals surface area contributed by atoms with E-state index in [-0.39, 0.29) is 0 Å². The van der Waals surface area contributed by atoms with Crippen molar-refractivity contribution in [3.63, 3.8) is 0 Å². The van der Waals surface area contributed by atoms with Crippen LogP contribution < -0.4 is 5.73 Å². The highest BCUT2D eigenvalue weighted by Crippen LogP contribution is 2.03. The molecule has 3 heteroatoms. The van der Waals surface area contributed by atoms with Crippen LogP contribution >= 0.6 is 0 Å². The summed E-state index contributed by atoms with van der Waals surface area (Å²) in [6.45, 7) is 1.68. The van der Waals surface area contributed by atoms with E-state index < -0.39 is 5.91 Å². The molecule has 0 aliphatic carbocycles. The first-order valence-electron chi connectivity index (χ1n) is 3.58. The molecule has 0 spiro atoms. The third-order valence-corrected chi connectivity index (χ3v) is 1.46. The van der Waals surface area contributed by atoms with Gasteiger partial charge < -0.3 is 5.73 Å². The molecule has 1 aromatic heterocycles. The van der Waals surface area contributed by atoms with Gasteiger partial charge >= 0.3 is 0 Å². The number of amides is 1. The van der Waals surface area contributed by atoms with E-state index in [1.807, 2.05) is 6.07 Å². The fraction of sp³-hybridized carbons (Fsp3) is 0.111. The summed E-state index contributed by atoms with van der Waals surface area (Å²) in [5.41, 5.74) is 6.47. The monoisotopic (exact) mass is 162 g/mol. The van der Waals surface area contributed by atoms with Crippen LogP contribution in [0.15, 0.2) is 30.1 Å². The number of carbonyl (C=O) groups is 1. The van der Waals surface area contributed by atoms with E-state index in [2.05, 4.69) is 4.98 Å². The molecule has 0 saturated heterocycles. The zero-order valence-corrected chi connectivity index (χ0v) is 6.82. The lowest BCUT2D eigenvalue weighted by atomic mass is 10.2. The summed E-state index contributed by atoms with van der Waals surface area (Å²) in [5.74, 6) is -0.404. The Kier molecular flexibility index (Phi) is 2.58. The van der Waals surface area contributed by atoms with Crippen LogP contribution in [-0.4, -0.2) is 10.9 Å². The number of primary amides is 1. The van der Waals surface area contributed by atoms with Gasteiger partial charge in [-0.1, -0.05) is 6.07 Å². The topological polar surface area (TPSA) is 56.0 Å². The summed E-state index contributed by atoms with van der Waals surface area (Å²) in [5, 5.41) is 0. The van der Waals surface area contributed by atoms with Gasteiger partial charge in [-0.25, -0.2) is 0 Å². The van der Waals surface area contributed by atoms with Crippen molar-refractivity contribution in [2.75, 3.05) is 0 Å². The molecule has 0 saturated carbocycles. The maximum atomic E-state index is 10.6. The molecule has 0 aromatic carbocycles. The number of aromatic nitrogens is 1. The first-order chi connectivity index (χ1) is 5.70. The van der Waals surface area contributed by atoms with Crippen molar-refractivity contribution in [2.45, 2.75) is 6.92 Å². The molecular formula is C9H10N2O. The molecule has 0 fully saturated rings. The second-order valence-corrected chi connectivity index (χ2v) is 2.48. The third-order valence-electron chi connectivity index (χ3n) is 1.46. The van der Waals surface area contributed by atoms with E-state index in [4.69, 9.17) is 5.73 Å². The molecule has 0 unspecified atom stereocenters. The Labute approximate surface area is 70.9 Å². The number of nitrogens with zero attached hydrogens (tertiary/aromatic N) is 1. The third kappa shape index (κ3) is 2.20. The molecule has 0 atom stereocenters. The van der Waals surface area contributed by atoms with Crippen LogP contribution in [0, 0.1) is 0 Å². The van der Waals surface area contributed by atoms with E-state index in [1.165, 1.54) is 0 Å². The molecule has 0 radical (unpaired) electrons. The van der Waals surface area contributed by atoms with Gasteiger partial charge in [0.1, 0.15) is 0 Å². The van der Waals surface area contributed by atoms with Gasteiger partial charge in [-0.3, -0.25) is 9.78 Å². The molecule has 2 N–H and O–H groups in total. The van der Waals surface area contributed by atoms with E-state index in [1.54, 1.807) is 31.5 Å². The predicted molar refractivity (Wildman–Crippen MR) is 47.1 cm³/mol. The van der Waals surface area contributed by atoms with Crippen LogP contribution in [0.4, 0.5) is 0 Å². The second kappa shape index (κ2) is 3.67. The van der Waals surface area contributed by atoms with Crippen LogP contribution in [0.25, 0.3) is 6.08 Å². The highest BCUT2D eigenvalue weighted by Gasteiger charge is 1.96. The summed E-state index contributed by atoms with van der Waals surface area (Å²) in [7, 11) is 0. The molecule has 12 heavy (non-hydrogen) atoms. The first-order valence-corrected chi connectivity index (χ1v) is 3.58. The van der Waals surface area contributed by atoms with Crippen molar-refractivity contribution < 1.29 is 4.79 Å². The molecule has 3 nitrogen and oxygen atoms in total. The number of nitrogens with two attached hydrogens (primary N) is 1. The molecule has 1 heterocycles. The summed E-state index contributed by atoms with van der Waals surface area (Å²) in [6, 6.07) is 3.67. The molecule has 0 bridgehead atoms. The zero-order valence-electron chi connectivity index (χ0n) is 6.82. The average molecular weight is 162 g/mol. The average Bonchev–Trinajstić information content (AvgIpc) is 2.06.